The van der Waals surface area contributed by atoms with Crippen molar-refractivity contribution in [3.63, 3.8) is 0 Å². The molecule has 3 aromatic rings. The van der Waals surface area contributed by atoms with Crippen LogP contribution < -0.4 is 0 Å². The molecule has 1 aromatic heterocycles. The summed E-state index contributed by atoms with van der Waals surface area (Å²) >= 11 is 0. The summed E-state index contributed by atoms with van der Waals surface area (Å²) < 4.78 is 0. The second-order valence-electron chi connectivity index (χ2n) is 5.50. The van der Waals surface area contributed by atoms with Crippen molar-refractivity contribution in [2.75, 3.05) is 0 Å². The number of carbonyl (C=O) groups is 1. The Morgan fingerprint density at radius 1 is 1.08 bits per heavy atom. The molecule has 0 atom stereocenters. The fourth-order valence-electron chi connectivity index (χ4n) is 2.41. The molecule has 1 radical (unpaired) electrons. The number of carbonyl (C=O) groups excluding carboxylic acids is 1. The SMILES string of the molecule is CC(=O)/C=C(/C)O.Cc1cccc2c(-c3[c-]cccc3)nccc12.[Ir]. The molecule has 1 N–H and O–H groups in total. The van der Waals surface area contributed by atoms with Gasteiger partial charge in [-0.25, -0.2) is 0 Å². The van der Waals surface area contributed by atoms with Crippen LogP contribution in [0.3, 0.4) is 0 Å². The molecular formula is C21H20IrNO2-. The van der Waals surface area contributed by atoms with E-state index >= 15 is 0 Å². The zero-order chi connectivity index (χ0) is 17.5. The normalized spacial score (nSPS) is 10.4. The first-order valence-electron chi connectivity index (χ1n) is 7.68. The van der Waals surface area contributed by atoms with Crippen LogP contribution in [0.2, 0.25) is 0 Å². The van der Waals surface area contributed by atoms with Crippen LogP contribution in [0.1, 0.15) is 19.4 Å². The fourth-order valence-corrected chi connectivity index (χ4v) is 2.41. The van der Waals surface area contributed by atoms with Crippen LogP contribution in [-0.2, 0) is 24.9 Å². The largest absolute Gasteiger partial charge is 0.512 e. The van der Waals surface area contributed by atoms with Crippen molar-refractivity contribution >= 4 is 16.6 Å². The van der Waals surface area contributed by atoms with E-state index in [1.54, 1.807) is 0 Å². The molecule has 0 aliphatic heterocycles. The van der Waals surface area contributed by atoms with Crippen LogP contribution in [-0.4, -0.2) is 15.9 Å². The van der Waals surface area contributed by atoms with Gasteiger partial charge in [0.05, 0.1) is 5.76 Å². The summed E-state index contributed by atoms with van der Waals surface area (Å²) in [5.74, 6) is -0.0625. The van der Waals surface area contributed by atoms with Gasteiger partial charge in [0.2, 0.25) is 0 Å². The Morgan fingerprint density at radius 3 is 2.40 bits per heavy atom. The van der Waals surface area contributed by atoms with E-state index in [9.17, 15) is 4.79 Å². The summed E-state index contributed by atoms with van der Waals surface area (Å²) in [6.45, 7) is 4.97. The van der Waals surface area contributed by atoms with Gasteiger partial charge in [0.15, 0.2) is 5.78 Å². The molecule has 3 rings (SSSR count). The van der Waals surface area contributed by atoms with Crippen LogP contribution >= 0.6 is 0 Å². The monoisotopic (exact) mass is 511 g/mol. The molecular weight excluding hydrogens is 490 g/mol. The van der Waals surface area contributed by atoms with Gasteiger partial charge < -0.3 is 10.1 Å². The van der Waals surface area contributed by atoms with E-state index in [0.29, 0.717) is 0 Å². The molecule has 0 saturated carbocycles. The number of aliphatic hydroxyl groups is 1. The van der Waals surface area contributed by atoms with E-state index in [4.69, 9.17) is 5.11 Å². The van der Waals surface area contributed by atoms with Crippen molar-refractivity contribution < 1.29 is 30.0 Å². The summed E-state index contributed by atoms with van der Waals surface area (Å²) in [5.41, 5.74) is 3.33. The number of aromatic nitrogens is 1. The Bertz CT molecular complexity index is 869. The predicted molar refractivity (Wildman–Crippen MR) is 97.8 cm³/mol. The molecule has 131 valence electrons. The first-order valence-corrected chi connectivity index (χ1v) is 7.68. The number of ketones is 1. The Labute approximate surface area is 161 Å². The minimum atomic E-state index is -0.125. The molecule has 0 aliphatic rings. The quantitative estimate of drug-likeness (QED) is 0.298. The number of aryl methyl sites for hydroxylation is 1. The zero-order valence-electron chi connectivity index (χ0n) is 14.4. The third-order valence-corrected chi connectivity index (χ3v) is 3.40. The standard InChI is InChI=1S/C16H12N.C5H8O2.Ir/c1-12-6-5-9-15-14(12)10-11-17-16(15)13-7-3-2-4-8-13;1-4(6)3-5(2)7;/h2-7,9-11H,1H3;3,6H,1-2H3;/q-1;;/b;4-3-;. The van der Waals surface area contributed by atoms with Gasteiger partial charge in [-0.05, 0) is 48.9 Å². The number of benzene rings is 2. The maximum absolute atomic E-state index is 10.0. The van der Waals surface area contributed by atoms with Crippen molar-refractivity contribution in [2.45, 2.75) is 20.8 Å². The third kappa shape index (κ3) is 5.93. The average Bonchev–Trinajstić information content (AvgIpc) is 2.55. The van der Waals surface area contributed by atoms with Crippen LogP contribution in [0.25, 0.3) is 22.0 Å². The summed E-state index contributed by atoms with van der Waals surface area (Å²) in [6.07, 6.45) is 3.03. The molecule has 0 unspecified atom stereocenters. The number of allylic oxidation sites excluding steroid dienone is 2. The number of hydrogen-bond acceptors (Lipinski definition) is 3. The minimum Gasteiger partial charge on any atom is -0.512 e. The van der Waals surface area contributed by atoms with Crippen LogP contribution in [0.5, 0.6) is 0 Å². The Balaban J connectivity index is 0.000000339. The second-order valence-corrected chi connectivity index (χ2v) is 5.50. The number of pyridine rings is 1. The maximum atomic E-state index is 10.0. The summed E-state index contributed by atoms with van der Waals surface area (Å²) in [7, 11) is 0. The van der Waals surface area contributed by atoms with Crippen molar-refractivity contribution in [1.82, 2.24) is 4.98 Å². The molecule has 4 heteroatoms. The molecule has 25 heavy (non-hydrogen) atoms. The predicted octanol–water partition coefficient (Wildman–Crippen LogP) is 5.05. The van der Waals surface area contributed by atoms with Crippen molar-refractivity contribution in [3.05, 3.63) is 78.2 Å². The number of aliphatic hydroxyl groups excluding tert-OH is 1. The van der Waals surface area contributed by atoms with Crippen LogP contribution in [0, 0.1) is 13.0 Å². The van der Waals surface area contributed by atoms with Crippen LogP contribution in [0.15, 0.2) is 66.6 Å². The van der Waals surface area contributed by atoms with E-state index in [-0.39, 0.29) is 31.6 Å². The molecule has 0 aliphatic carbocycles. The van der Waals surface area contributed by atoms with Gasteiger partial charge in [-0.1, -0.05) is 18.2 Å². The van der Waals surface area contributed by atoms with Gasteiger partial charge in [0.1, 0.15) is 0 Å². The number of nitrogens with zero attached hydrogens (tertiary/aromatic N) is 1. The van der Waals surface area contributed by atoms with Gasteiger partial charge in [0, 0.05) is 32.4 Å². The van der Waals surface area contributed by atoms with E-state index in [1.807, 2.05) is 30.5 Å². The molecule has 0 saturated heterocycles. The molecule has 0 amide bonds. The Morgan fingerprint density at radius 2 is 1.84 bits per heavy atom. The minimum absolute atomic E-state index is 0. The first kappa shape index (κ1) is 20.8. The molecule has 2 aromatic carbocycles. The zero-order valence-corrected chi connectivity index (χ0v) is 16.8. The summed E-state index contributed by atoms with van der Waals surface area (Å²) in [5, 5.41) is 10.8. The van der Waals surface area contributed by atoms with Crippen molar-refractivity contribution in [2.24, 2.45) is 0 Å². The Kier molecular flexibility index (Phi) is 8.20. The molecule has 0 fully saturated rings. The fraction of sp³-hybridized carbons (Fsp3) is 0.143. The van der Waals surface area contributed by atoms with Gasteiger partial charge in [-0.15, -0.1) is 35.9 Å². The van der Waals surface area contributed by atoms with Gasteiger partial charge >= 0.3 is 0 Å². The molecule has 1 heterocycles. The number of fused-ring (bicyclic) bond motifs is 1. The molecule has 0 bridgehead atoms. The van der Waals surface area contributed by atoms with Crippen LogP contribution in [0.4, 0.5) is 0 Å². The third-order valence-electron chi connectivity index (χ3n) is 3.40. The van der Waals surface area contributed by atoms with Gasteiger partial charge in [0.25, 0.3) is 0 Å². The van der Waals surface area contributed by atoms with E-state index in [2.05, 4.69) is 42.2 Å². The van der Waals surface area contributed by atoms with Crippen molar-refractivity contribution in [3.8, 4) is 11.3 Å². The number of hydrogen-bond donors (Lipinski definition) is 1. The second kappa shape index (κ2) is 9.87. The Hall–Kier alpha value is -2.29. The van der Waals surface area contributed by atoms with Crippen molar-refractivity contribution in [1.29, 1.82) is 0 Å². The van der Waals surface area contributed by atoms with E-state index in [0.717, 1.165) is 11.3 Å². The van der Waals surface area contributed by atoms with Gasteiger partial charge in [-0.3, -0.25) is 4.79 Å². The molecule has 3 nitrogen and oxygen atoms in total. The van der Waals surface area contributed by atoms with Gasteiger partial charge in [-0.2, -0.15) is 0 Å². The van der Waals surface area contributed by atoms with E-state index in [1.165, 1.54) is 36.3 Å². The molecule has 0 spiro atoms. The maximum Gasteiger partial charge on any atom is 0.155 e. The average molecular weight is 511 g/mol. The smallest absolute Gasteiger partial charge is 0.155 e. The number of rotatable bonds is 2. The topological polar surface area (TPSA) is 50.2 Å². The summed E-state index contributed by atoms with van der Waals surface area (Å²) in [4.78, 5) is 14.5. The first-order chi connectivity index (χ1) is 11.5. The summed E-state index contributed by atoms with van der Waals surface area (Å²) in [6, 6.07) is 19.6. The van der Waals surface area contributed by atoms with E-state index < -0.39 is 0 Å².